The highest BCUT2D eigenvalue weighted by molar-refractivity contribution is 9.09. The van der Waals surface area contributed by atoms with Gasteiger partial charge in [0.1, 0.15) is 0 Å². The largest absolute Gasteiger partial charge is 0.0836 e. The van der Waals surface area contributed by atoms with Gasteiger partial charge < -0.3 is 0 Å². The Morgan fingerprint density at radius 3 is 2.50 bits per heavy atom. The predicted octanol–water partition coefficient (Wildman–Crippen LogP) is 5.05. The van der Waals surface area contributed by atoms with Crippen LogP contribution in [0.25, 0.3) is 0 Å². The summed E-state index contributed by atoms with van der Waals surface area (Å²) in [5, 5.41) is 0. The van der Waals surface area contributed by atoms with E-state index < -0.39 is 0 Å². The van der Waals surface area contributed by atoms with Crippen molar-refractivity contribution in [3.05, 3.63) is 34.9 Å². The quantitative estimate of drug-likeness (QED) is 0.678. The van der Waals surface area contributed by atoms with E-state index in [9.17, 15) is 0 Å². The van der Waals surface area contributed by atoms with Gasteiger partial charge >= 0.3 is 0 Å². The second-order valence-electron chi connectivity index (χ2n) is 4.83. The maximum absolute atomic E-state index is 3.92. The third kappa shape index (κ3) is 2.34. The summed E-state index contributed by atoms with van der Waals surface area (Å²) >= 11 is 3.92. The number of alkyl halides is 1. The number of rotatable bonds is 4. The molecule has 1 heteroatoms. The average molecular weight is 281 g/mol. The molecule has 1 fully saturated rings. The minimum Gasteiger partial charge on any atom is -0.0836 e. The van der Waals surface area contributed by atoms with Crippen LogP contribution in [0.2, 0.25) is 0 Å². The molecule has 1 aliphatic carbocycles. The van der Waals surface area contributed by atoms with Gasteiger partial charge in [-0.05, 0) is 48.3 Å². The van der Waals surface area contributed by atoms with Crippen LogP contribution in [-0.4, -0.2) is 0 Å². The highest BCUT2D eigenvalue weighted by Gasteiger charge is 2.27. The van der Waals surface area contributed by atoms with Crippen LogP contribution in [0.3, 0.4) is 0 Å². The predicted molar refractivity (Wildman–Crippen MR) is 74.2 cm³/mol. The van der Waals surface area contributed by atoms with Crippen molar-refractivity contribution in [3.8, 4) is 0 Å². The fourth-order valence-corrected chi connectivity index (χ4v) is 3.38. The van der Waals surface area contributed by atoms with Crippen molar-refractivity contribution >= 4 is 15.9 Å². The monoisotopic (exact) mass is 280 g/mol. The molecule has 1 aromatic rings. The number of aryl methyl sites for hydroxylation is 2. The SMILES string of the molecule is CCc1ccc(CC)c(C(Br)C2CCC2)c1. The molecular weight excluding hydrogens is 260 g/mol. The first-order chi connectivity index (χ1) is 7.76. The van der Waals surface area contributed by atoms with Crippen molar-refractivity contribution in [2.24, 2.45) is 5.92 Å². The van der Waals surface area contributed by atoms with Crippen LogP contribution in [0.4, 0.5) is 0 Å². The molecule has 1 unspecified atom stereocenters. The van der Waals surface area contributed by atoms with E-state index >= 15 is 0 Å². The molecule has 2 rings (SSSR count). The first-order valence-corrected chi connectivity index (χ1v) is 7.43. The molecule has 0 N–H and O–H groups in total. The maximum atomic E-state index is 3.92. The van der Waals surface area contributed by atoms with Gasteiger partial charge in [-0.1, -0.05) is 54.4 Å². The first-order valence-electron chi connectivity index (χ1n) is 6.52. The lowest BCUT2D eigenvalue weighted by Crippen LogP contribution is -2.17. The molecule has 0 nitrogen and oxygen atoms in total. The Bertz CT molecular complexity index is 352. The van der Waals surface area contributed by atoms with Crippen molar-refractivity contribution < 1.29 is 0 Å². The summed E-state index contributed by atoms with van der Waals surface area (Å²) in [6.07, 6.45) is 6.50. The molecule has 0 spiro atoms. The van der Waals surface area contributed by atoms with E-state index in [0.29, 0.717) is 4.83 Å². The molecule has 1 saturated carbocycles. The Kier molecular flexibility index (Phi) is 4.07. The molecule has 1 aromatic carbocycles. The average Bonchev–Trinajstić information content (AvgIpc) is 2.25. The Morgan fingerprint density at radius 1 is 1.25 bits per heavy atom. The van der Waals surface area contributed by atoms with Crippen LogP contribution in [0.1, 0.15) is 54.6 Å². The molecule has 0 bridgehead atoms. The molecule has 1 aliphatic rings. The smallest absolute Gasteiger partial charge is 0.0426 e. The zero-order valence-corrected chi connectivity index (χ0v) is 11.9. The first kappa shape index (κ1) is 12.2. The summed E-state index contributed by atoms with van der Waals surface area (Å²) in [5.74, 6) is 0.873. The summed E-state index contributed by atoms with van der Waals surface area (Å²) in [7, 11) is 0. The lowest BCUT2D eigenvalue weighted by Gasteiger charge is -2.31. The van der Waals surface area contributed by atoms with Crippen molar-refractivity contribution in [1.29, 1.82) is 0 Å². The fraction of sp³-hybridized carbons (Fsp3) is 0.600. The third-order valence-electron chi connectivity index (χ3n) is 3.86. The highest BCUT2D eigenvalue weighted by atomic mass is 79.9. The maximum Gasteiger partial charge on any atom is 0.0426 e. The van der Waals surface area contributed by atoms with Crippen molar-refractivity contribution in [2.75, 3.05) is 0 Å². The number of hydrogen-bond donors (Lipinski definition) is 0. The second-order valence-corrected chi connectivity index (χ2v) is 5.82. The van der Waals surface area contributed by atoms with Crippen LogP contribution in [-0.2, 0) is 12.8 Å². The summed E-state index contributed by atoms with van der Waals surface area (Å²) in [5.41, 5.74) is 4.54. The normalized spacial score (nSPS) is 18.2. The van der Waals surface area contributed by atoms with E-state index in [1.165, 1.54) is 30.4 Å². The minimum atomic E-state index is 0.586. The van der Waals surface area contributed by atoms with Crippen molar-refractivity contribution in [3.63, 3.8) is 0 Å². The van der Waals surface area contributed by atoms with Crippen LogP contribution >= 0.6 is 15.9 Å². The van der Waals surface area contributed by atoms with E-state index in [4.69, 9.17) is 0 Å². The summed E-state index contributed by atoms with van der Waals surface area (Å²) < 4.78 is 0. The van der Waals surface area contributed by atoms with E-state index in [1.807, 2.05) is 0 Å². The van der Waals surface area contributed by atoms with Gasteiger partial charge in [-0.15, -0.1) is 0 Å². The lowest BCUT2D eigenvalue weighted by molar-refractivity contribution is 0.311. The topological polar surface area (TPSA) is 0 Å². The van der Waals surface area contributed by atoms with Crippen molar-refractivity contribution in [1.82, 2.24) is 0 Å². The molecule has 0 aliphatic heterocycles. The van der Waals surface area contributed by atoms with E-state index in [1.54, 1.807) is 5.56 Å². The van der Waals surface area contributed by atoms with Crippen LogP contribution in [0.5, 0.6) is 0 Å². The molecule has 88 valence electrons. The molecular formula is C15H21Br. The second kappa shape index (κ2) is 5.35. The molecule has 0 amide bonds. The zero-order valence-electron chi connectivity index (χ0n) is 10.3. The van der Waals surface area contributed by atoms with E-state index in [2.05, 4.69) is 48.0 Å². The van der Waals surface area contributed by atoms with Crippen LogP contribution in [0, 0.1) is 5.92 Å². The number of hydrogen-bond acceptors (Lipinski definition) is 0. The zero-order chi connectivity index (χ0) is 11.5. The summed E-state index contributed by atoms with van der Waals surface area (Å²) in [6, 6.07) is 7.01. The van der Waals surface area contributed by atoms with Gasteiger partial charge in [-0.25, -0.2) is 0 Å². The lowest BCUT2D eigenvalue weighted by atomic mass is 9.79. The van der Waals surface area contributed by atoms with Gasteiger partial charge in [0, 0.05) is 4.83 Å². The Morgan fingerprint density at radius 2 is 2.00 bits per heavy atom. The van der Waals surface area contributed by atoms with Gasteiger partial charge in [-0.2, -0.15) is 0 Å². The Hall–Kier alpha value is -0.300. The van der Waals surface area contributed by atoms with Gasteiger partial charge in [0.2, 0.25) is 0 Å². The molecule has 0 heterocycles. The van der Waals surface area contributed by atoms with Gasteiger partial charge in [0.15, 0.2) is 0 Å². The molecule has 0 aromatic heterocycles. The van der Waals surface area contributed by atoms with E-state index in [-0.39, 0.29) is 0 Å². The third-order valence-corrected chi connectivity index (χ3v) is 5.10. The van der Waals surface area contributed by atoms with Crippen molar-refractivity contribution in [2.45, 2.75) is 50.8 Å². The Labute approximate surface area is 108 Å². The molecule has 0 radical (unpaired) electrons. The van der Waals surface area contributed by atoms with Gasteiger partial charge in [-0.3, -0.25) is 0 Å². The Balaban J connectivity index is 2.27. The van der Waals surface area contributed by atoms with Gasteiger partial charge in [0.25, 0.3) is 0 Å². The molecule has 0 saturated heterocycles. The number of benzene rings is 1. The van der Waals surface area contributed by atoms with Gasteiger partial charge in [0.05, 0.1) is 0 Å². The van der Waals surface area contributed by atoms with E-state index in [0.717, 1.165) is 18.8 Å². The number of halogens is 1. The highest BCUT2D eigenvalue weighted by Crippen LogP contribution is 2.44. The molecule has 1 atom stereocenters. The van der Waals surface area contributed by atoms with Crippen LogP contribution in [0.15, 0.2) is 18.2 Å². The fourth-order valence-electron chi connectivity index (χ4n) is 2.43. The summed E-state index contributed by atoms with van der Waals surface area (Å²) in [6.45, 7) is 4.49. The molecule has 16 heavy (non-hydrogen) atoms. The standard InChI is InChI=1S/C15H21Br/c1-3-11-8-9-12(4-2)14(10-11)15(16)13-6-5-7-13/h8-10,13,15H,3-7H2,1-2H3. The minimum absolute atomic E-state index is 0.586. The van der Waals surface area contributed by atoms with Crippen LogP contribution < -0.4 is 0 Å². The summed E-state index contributed by atoms with van der Waals surface area (Å²) in [4.78, 5) is 0.586.